The van der Waals surface area contributed by atoms with Crippen LogP contribution in [0.5, 0.6) is 0 Å². The molecule has 7 nitrogen and oxygen atoms in total. The predicted octanol–water partition coefficient (Wildman–Crippen LogP) is -0.321. The molecule has 0 aliphatic heterocycles. The molecule has 8 heteroatoms. The van der Waals surface area contributed by atoms with Crippen molar-refractivity contribution in [2.24, 2.45) is 12.8 Å². The molecule has 0 amide bonds. The fourth-order valence-corrected chi connectivity index (χ4v) is 3.69. The first-order valence-electron chi connectivity index (χ1n) is 6.05. The Hall–Kier alpha value is -0.960. The maximum Gasteiger partial charge on any atom is 0.244 e. The summed E-state index contributed by atoms with van der Waals surface area (Å²) in [5.41, 5.74) is 6.56. The minimum absolute atomic E-state index is 0.230. The monoisotopic (exact) mass is 290 g/mol. The van der Waals surface area contributed by atoms with Gasteiger partial charge >= 0.3 is 0 Å². The van der Waals surface area contributed by atoms with Crippen molar-refractivity contribution >= 4 is 10.0 Å². The first kappa shape index (κ1) is 16.1. The number of aryl methyl sites for hydroxylation is 2. The van der Waals surface area contributed by atoms with Crippen molar-refractivity contribution in [2.45, 2.75) is 31.2 Å². The molecule has 3 N–H and O–H groups in total. The molecule has 1 aromatic rings. The van der Waals surface area contributed by atoms with Gasteiger partial charge in [0.25, 0.3) is 0 Å². The van der Waals surface area contributed by atoms with E-state index in [1.165, 1.54) is 7.11 Å². The molecule has 110 valence electrons. The van der Waals surface area contributed by atoms with E-state index < -0.39 is 10.0 Å². The summed E-state index contributed by atoms with van der Waals surface area (Å²) in [6, 6.07) is -0.334. The van der Waals surface area contributed by atoms with E-state index in [-0.39, 0.29) is 17.5 Å². The van der Waals surface area contributed by atoms with E-state index in [9.17, 15) is 8.42 Å². The van der Waals surface area contributed by atoms with Crippen molar-refractivity contribution in [1.82, 2.24) is 14.5 Å². The molecule has 0 aliphatic carbocycles. The van der Waals surface area contributed by atoms with Crippen LogP contribution in [0.25, 0.3) is 0 Å². The Labute approximate surface area is 114 Å². The lowest BCUT2D eigenvalue weighted by molar-refractivity contribution is 0.172. The number of aromatic nitrogens is 2. The maximum atomic E-state index is 12.4. The van der Waals surface area contributed by atoms with E-state index in [1.807, 2.05) is 0 Å². The Bertz CT molecular complexity index is 518. The summed E-state index contributed by atoms with van der Waals surface area (Å²) in [4.78, 5) is 0.230. The molecule has 0 saturated heterocycles. The minimum Gasteiger partial charge on any atom is -0.383 e. The number of nitrogens with one attached hydrogen (secondary N) is 1. The van der Waals surface area contributed by atoms with Gasteiger partial charge < -0.3 is 10.5 Å². The lowest BCUT2D eigenvalue weighted by Crippen LogP contribution is -2.39. The third-order valence-corrected chi connectivity index (χ3v) is 4.69. The van der Waals surface area contributed by atoms with Crippen LogP contribution in [0.4, 0.5) is 0 Å². The highest BCUT2D eigenvalue weighted by molar-refractivity contribution is 7.89. The third kappa shape index (κ3) is 3.75. The number of nitrogens with two attached hydrogens (primary N) is 1. The molecule has 0 saturated carbocycles. The lowest BCUT2D eigenvalue weighted by atomic mass is 10.2. The van der Waals surface area contributed by atoms with Gasteiger partial charge in [0.2, 0.25) is 10.0 Å². The van der Waals surface area contributed by atoms with Crippen molar-refractivity contribution in [1.29, 1.82) is 0 Å². The van der Waals surface area contributed by atoms with Crippen molar-refractivity contribution in [3.05, 3.63) is 11.4 Å². The summed E-state index contributed by atoms with van der Waals surface area (Å²) in [6.07, 6.45) is 0.519. The van der Waals surface area contributed by atoms with E-state index in [1.54, 1.807) is 25.6 Å². The Morgan fingerprint density at radius 2 is 2.11 bits per heavy atom. The number of methoxy groups -OCH3 is 1. The molecule has 0 bridgehead atoms. The van der Waals surface area contributed by atoms with E-state index >= 15 is 0 Å². The van der Waals surface area contributed by atoms with Gasteiger partial charge in [0, 0.05) is 20.2 Å². The molecular weight excluding hydrogens is 268 g/mol. The molecule has 1 atom stereocenters. The van der Waals surface area contributed by atoms with E-state index in [0.717, 1.165) is 0 Å². The highest BCUT2D eigenvalue weighted by Crippen LogP contribution is 2.18. The Kier molecular flexibility index (Phi) is 5.48. The zero-order valence-electron chi connectivity index (χ0n) is 11.8. The van der Waals surface area contributed by atoms with Crippen LogP contribution in [-0.4, -0.2) is 44.5 Å². The number of nitrogens with zero attached hydrogens (tertiary/aromatic N) is 2. The molecule has 0 fully saturated rings. The van der Waals surface area contributed by atoms with E-state index in [2.05, 4.69) is 9.82 Å². The fourth-order valence-electron chi connectivity index (χ4n) is 2.00. The van der Waals surface area contributed by atoms with E-state index in [4.69, 9.17) is 10.5 Å². The summed E-state index contributed by atoms with van der Waals surface area (Å²) in [7, 11) is -0.371. The van der Waals surface area contributed by atoms with Crippen molar-refractivity contribution < 1.29 is 13.2 Å². The van der Waals surface area contributed by atoms with Crippen molar-refractivity contribution in [3.8, 4) is 0 Å². The Morgan fingerprint density at radius 3 is 2.53 bits per heavy atom. The largest absolute Gasteiger partial charge is 0.383 e. The number of hydrogen-bond acceptors (Lipinski definition) is 5. The average molecular weight is 290 g/mol. The van der Waals surface area contributed by atoms with Crippen LogP contribution >= 0.6 is 0 Å². The van der Waals surface area contributed by atoms with Crippen LogP contribution < -0.4 is 10.5 Å². The SMILES string of the molecule is COCC(CCN)NS(=O)(=O)c1c(C)nn(C)c1C. The summed E-state index contributed by atoms with van der Waals surface area (Å²) in [5, 5.41) is 4.12. The smallest absolute Gasteiger partial charge is 0.244 e. The summed E-state index contributed by atoms with van der Waals surface area (Å²) >= 11 is 0. The Morgan fingerprint density at radius 1 is 1.47 bits per heavy atom. The molecule has 0 spiro atoms. The second-order valence-corrected chi connectivity index (χ2v) is 6.13. The number of ether oxygens (including phenoxy) is 1. The maximum absolute atomic E-state index is 12.4. The summed E-state index contributed by atoms with van der Waals surface area (Å²) < 4.78 is 33.9. The van der Waals surface area contributed by atoms with Gasteiger partial charge in [-0.1, -0.05) is 0 Å². The minimum atomic E-state index is -3.61. The van der Waals surface area contributed by atoms with Crippen LogP contribution in [0.2, 0.25) is 0 Å². The highest BCUT2D eigenvalue weighted by Gasteiger charge is 2.26. The van der Waals surface area contributed by atoms with Gasteiger partial charge in [-0.3, -0.25) is 4.68 Å². The predicted molar refractivity (Wildman–Crippen MR) is 72.3 cm³/mol. The molecule has 1 rings (SSSR count). The normalized spacial score (nSPS) is 13.7. The molecule has 19 heavy (non-hydrogen) atoms. The zero-order valence-corrected chi connectivity index (χ0v) is 12.6. The van der Waals surface area contributed by atoms with Crippen LogP contribution in [0.1, 0.15) is 17.8 Å². The van der Waals surface area contributed by atoms with Crippen LogP contribution in [0, 0.1) is 13.8 Å². The standard InChI is InChI=1S/C11H22N4O3S/c1-8-11(9(2)15(3)13-8)19(16,17)14-10(5-6-12)7-18-4/h10,14H,5-7,12H2,1-4H3. The third-order valence-electron chi connectivity index (χ3n) is 2.92. The lowest BCUT2D eigenvalue weighted by Gasteiger charge is -2.17. The molecule has 1 unspecified atom stereocenters. The van der Waals surface area contributed by atoms with E-state index in [0.29, 0.717) is 24.4 Å². The molecule has 1 aromatic heterocycles. The second-order valence-electron chi connectivity index (χ2n) is 4.47. The van der Waals surface area contributed by atoms with Gasteiger partial charge in [-0.05, 0) is 26.8 Å². The first-order valence-corrected chi connectivity index (χ1v) is 7.53. The average Bonchev–Trinajstić information content (AvgIpc) is 2.53. The number of rotatable bonds is 7. The van der Waals surface area contributed by atoms with Gasteiger partial charge in [0.05, 0.1) is 18.0 Å². The van der Waals surface area contributed by atoms with Gasteiger partial charge in [0.15, 0.2) is 0 Å². The van der Waals surface area contributed by atoms with Gasteiger partial charge in [-0.25, -0.2) is 13.1 Å². The first-order chi connectivity index (χ1) is 8.83. The molecule has 0 radical (unpaired) electrons. The summed E-state index contributed by atoms with van der Waals surface area (Å²) in [5.74, 6) is 0. The highest BCUT2D eigenvalue weighted by atomic mass is 32.2. The molecular formula is C11H22N4O3S. The quantitative estimate of drug-likeness (QED) is 0.717. The van der Waals surface area contributed by atoms with Crippen LogP contribution in [0.3, 0.4) is 0 Å². The summed E-state index contributed by atoms with van der Waals surface area (Å²) in [6.45, 7) is 4.08. The van der Waals surface area contributed by atoms with Crippen molar-refractivity contribution in [2.75, 3.05) is 20.3 Å². The zero-order chi connectivity index (χ0) is 14.6. The number of hydrogen-bond donors (Lipinski definition) is 2. The molecule has 0 aromatic carbocycles. The number of sulfonamides is 1. The van der Waals surface area contributed by atoms with Gasteiger partial charge in [0.1, 0.15) is 4.90 Å². The van der Waals surface area contributed by atoms with Crippen LogP contribution in [0.15, 0.2) is 4.90 Å². The van der Waals surface area contributed by atoms with Crippen molar-refractivity contribution in [3.63, 3.8) is 0 Å². The van der Waals surface area contributed by atoms with Gasteiger partial charge in [-0.2, -0.15) is 5.10 Å². The Balaban J connectivity index is 3.03. The second kappa shape index (κ2) is 6.47. The molecule has 1 heterocycles. The van der Waals surface area contributed by atoms with Crippen LogP contribution in [-0.2, 0) is 21.8 Å². The molecule has 0 aliphatic rings. The topological polar surface area (TPSA) is 99.2 Å². The fraction of sp³-hybridized carbons (Fsp3) is 0.727. The van der Waals surface area contributed by atoms with Gasteiger partial charge in [-0.15, -0.1) is 0 Å².